The van der Waals surface area contributed by atoms with Crippen LogP contribution in [0.1, 0.15) is 38.2 Å². The molecule has 4 heteroatoms. The predicted molar refractivity (Wildman–Crippen MR) is 65.7 cm³/mol. The van der Waals surface area contributed by atoms with Crippen molar-refractivity contribution in [2.24, 2.45) is 5.92 Å². The number of hydrogen-bond donors (Lipinski definition) is 1. The molecule has 1 atom stereocenters. The average molecular weight is 277 g/mol. The van der Waals surface area contributed by atoms with E-state index in [9.17, 15) is 0 Å². The topological polar surface area (TPSA) is 24.9 Å². The van der Waals surface area contributed by atoms with Crippen molar-refractivity contribution in [1.82, 2.24) is 10.3 Å². The van der Waals surface area contributed by atoms with E-state index in [-0.39, 0.29) is 0 Å². The van der Waals surface area contributed by atoms with Gasteiger partial charge < -0.3 is 5.32 Å². The van der Waals surface area contributed by atoms with Gasteiger partial charge in [0.1, 0.15) is 5.01 Å². The highest BCUT2D eigenvalue weighted by Gasteiger charge is 2.08. The number of rotatable bonds is 5. The molecule has 1 unspecified atom stereocenters. The number of hydrogen-bond acceptors (Lipinski definition) is 3. The zero-order chi connectivity index (χ0) is 10.6. The van der Waals surface area contributed by atoms with Crippen LogP contribution >= 0.6 is 27.3 Å². The number of nitrogens with zero attached hydrogens (tertiary/aromatic N) is 1. The van der Waals surface area contributed by atoms with Crippen molar-refractivity contribution in [3.05, 3.63) is 15.0 Å². The van der Waals surface area contributed by atoms with Gasteiger partial charge in [-0.15, -0.1) is 11.3 Å². The fourth-order valence-corrected chi connectivity index (χ4v) is 2.41. The van der Waals surface area contributed by atoms with Crippen LogP contribution in [0.2, 0.25) is 0 Å². The minimum absolute atomic E-state index is 0.366. The van der Waals surface area contributed by atoms with E-state index in [0.29, 0.717) is 6.04 Å². The van der Waals surface area contributed by atoms with Gasteiger partial charge in [-0.2, -0.15) is 0 Å². The molecule has 0 aliphatic rings. The van der Waals surface area contributed by atoms with Crippen molar-refractivity contribution < 1.29 is 0 Å². The first kappa shape index (κ1) is 12.1. The Hall–Kier alpha value is 0.0700. The first-order valence-electron chi connectivity index (χ1n) is 4.94. The summed E-state index contributed by atoms with van der Waals surface area (Å²) in [6.45, 7) is 7.71. The molecule has 2 nitrogen and oxygen atoms in total. The van der Waals surface area contributed by atoms with E-state index >= 15 is 0 Å². The maximum atomic E-state index is 4.32. The maximum absolute atomic E-state index is 4.32. The Kier molecular flexibility index (Phi) is 5.06. The van der Waals surface area contributed by atoms with Crippen molar-refractivity contribution in [2.75, 3.05) is 6.54 Å². The fraction of sp³-hybridized carbons (Fsp3) is 0.700. The van der Waals surface area contributed by atoms with Crippen LogP contribution in [0.5, 0.6) is 0 Å². The molecule has 0 amide bonds. The van der Waals surface area contributed by atoms with Gasteiger partial charge in [0.25, 0.3) is 0 Å². The van der Waals surface area contributed by atoms with Crippen LogP contribution in [-0.4, -0.2) is 11.5 Å². The Bertz CT molecular complexity index is 273. The normalized spacial score (nSPS) is 13.5. The number of nitrogens with one attached hydrogen (secondary N) is 1. The lowest BCUT2D eigenvalue weighted by Crippen LogP contribution is -2.20. The molecular formula is C10H17BrN2S. The van der Waals surface area contributed by atoms with Crippen molar-refractivity contribution in [1.29, 1.82) is 0 Å². The summed E-state index contributed by atoms with van der Waals surface area (Å²) in [5, 5.41) is 4.62. The Morgan fingerprint density at radius 3 is 2.71 bits per heavy atom. The maximum Gasteiger partial charge on any atom is 0.110 e. The van der Waals surface area contributed by atoms with E-state index in [2.05, 4.69) is 47.0 Å². The molecule has 80 valence electrons. The Morgan fingerprint density at radius 1 is 1.50 bits per heavy atom. The summed E-state index contributed by atoms with van der Waals surface area (Å²) in [6, 6.07) is 0.366. The minimum Gasteiger partial charge on any atom is -0.308 e. The first-order chi connectivity index (χ1) is 6.59. The largest absolute Gasteiger partial charge is 0.308 e. The smallest absolute Gasteiger partial charge is 0.110 e. The second-order valence-corrected chi connectivity index (χ2v) is 6.30. The zero-order valence-electron chi connectivity index (χ0n) is 8.88. The summed E-state index contributed by atoms with van der Waals surface area (Å²) in [7, 11) is 0. The quantitative estimate of drug-likeness (QED) is 0.889. The predicted octanol–water partition coefficient (Wildman–Crippen LogP) is 3.60. The van der Waals surface area contributed by atoms with Crippen molar-refractivity contribution in [2.45, 2.75) is 33.2 Å². The molecule has 1 aromatic heterocycles. The third-order valence-corrected chi connectivity index (χ3v) is 3.70. The number of aromatic nitrogens is 1. The van der Waals surface area contributed by atoms with Gasteiger partial charge in [-0.25, -0.2) is 4.98 Å². The molecule has 1 aromatic rings. The molecule has 0 bridgehead atoms. The zero-order valence-corrected chi connectivity index (χ0v) is 11.3. The SMILES string of the molecule is CC(C)CCNC(C)c1ncc(Br)s1. The van der Waals surface area contributed by atoms with Crippen LogP contribution in [0, 0.1) is 5.92 Å². The molecule has 14 heavy (non-hydrogen) atoms. The summed E-state index contributed by atoms with van der Waals surface area (Å²) >= 11 is 5.12. The highest BCUT2D eigenvalue weighted by molar-refractivity contribution is 9.11. The summed E-state index contributed by atoms with van der Waals surface area (Å²) in [4.78, 5) is 4.32. The third-order valence-electron chi connectivity index (χ3n) is 2.04. The molecule has 0 spiro atoms. The summed E-state index contributed by atoms with van der Waals surface area (Å²) < 4.78 is 1.10. The molecule has 0 saturated heterocycles. The average Bonchev–Trinajstić information content (AvgIpc) is 2.51. The standard InChI is InChI=1S/C10H17BrN2S/c1-7(2)4-5-12-8(3)10-13-6-9(11)14-10/h6-8,12H,4-5H2,1-3H3. The second kappa shape index (κ2) is 5.83. The monoisotopic (exact) mass is 276 g/mol. The number of thiazole rings is 1. The minimum atomic E-state index is 0.366. The van der Waals surface area contributed by atoms with Gasteiger partial charge in [-0.1, -0.05) is 13.8 Å². The second-order valence-electron chi connectivity index (χ2n) is 3.86. The Labute approximate surface area is 98.3 Å². The summed E-state index contributed by atoms with van der Waals surface area (Å²) in [6.07, 6.45) is 3.08. The van der Waals surface area contributed by atoms with Gasteiger partial charge in [-0.05, 0) is 41.7 Å². The van der Waals surface area contributed by atoms with Gasteiger partial charge in [-0.3, -0.25) is 0 Å². The highest BCUT2D eigenvalue weighted by atomic mass is 79.9. The van der Waals surface area contributed by atoms with Gasteiger partial charge in [0.05, 0.1) is 16.0 Å². The molecule has 1 rings (SSSR count). The van der Waals surface area contributed by atoms with E-state index in [0.717, 1.165) is 21.3 Å². The first-order valence-corrected chi connectivity index (χ1v) is 6.55. The van der Waals surface area contributed by atoms with Crippen LogP contribution < -0.4 is 5.32 Å². The van der Waals surface area contributed by atoms with E-state index < -0.39 is 0 Å². The van der Waals surface area contributed by atoms with Crippen LogP contribution in [-0.2, 0) is 0 Å². The van der Waals surface area contributed by atoms with Gasteiger partial charge in [0.15, 0.2) is 0 Å². The van der Waals surface area contributed by atoms with Crippen LogP contribution in [0.15, 0.2) is 9.98 Å². The molecule has 0 saturated carbocycles. The summed E-state index contributed by atoms with van der Waals surface area (Å²) in [5.41, 5.74) is 0. The lowest BCUT2D eigenvalue weighted by atomic mass is 10.1. The molecule has 0 aliphatic carbocycles. The molecular weight excluding hydrogens is 260 g/mol. The fourth-order valence-electron chi connectivity index (χ4n) is 1.14. The molecule has 0 aliphatic heterocycles. The molecule has 0 radical (unpaired) electrons. The molecule has 0 aromatic carbocycles. The van der Waals surface area contributed by atoms with Crippen LogP contribution in [0.4, 0.5) is 0 Å². The summed E-state index contributed by atoms with van der Waals surface area (Å²) in [5.74, 6) is 0.762. The number of halogens is 1. The molecule has 1 N–H and O–H groups in total. The Morgan fingerprint density at radius 2 is 2.21 bits per heavy atom. The van der Waals surface area contributed by atoms with Crippen molar-refractivity contribution in [3.8, 4) is 0 Å². The Balaban J connectivity index is 2.32. The lowest BCUT2D eigenvalue weighted by Gasteiger charge is -2.11. The molecule has 0 fully saturated rings. The third kappa shape index (κ3) is 4.07. The van der Waals surface area contributed by atoms with Crippen LogP contribution in [0.25, 0.3) is 0 Å². The lowest BCUT2D eigenvalue weighted by molar-refractivity contribution is 0.496. The van der Waals surface area contributed by atoms with Gasteiger partial charge >= 0.3 is 0 Å². The van der Waals surface area contributed by atoms with Crippen LogP contribution in [0.3, 0.4) is 0 Å². The van der Waals surface area contributed by atoms with E-state index in [1.807, 2.05) is 6.20 Å². The molecule has 1 heterocycles. The highest BCUT2D eigenvalue weighted by Crippen LogP contribution is 2.23. The van der Waals surface area contributed by atoms with Gasteiger partial charge in [0, 0.05) is 0 Å². The van der Waals surface area contributed by atoms with E-state index in [1.54, 1.807) is 11.3 Å². The van der Waals surface area contributed by atoms with Crippen molar-refractivity contribution >= 4 is 27.3 Å². The van der Waals surface area contributed by atoms with E-state index in [1.165, 1.54) is 6.42 Å². The van der Waals surface area contributed by atoms with E-state index in [4.69, 9.17) is 0 Å². The van der Waals surface area contributed by atoms with Crippen molar-refractivity contribution in [3.63, 3.8) is 0 Å². The van der Waals surface area contributed by atoms with Gasteiger partial charge in [0.2, 0.25) is 0 Å².